The number of hydrogen-bond acceptors (Lipinski definition) is 3. The van der Waals surface area contributed by atoms with Crippen molar-refractivity contribution in [3.05, 3.63) is 90.0 Å². The first-order valence-electron chi connectivity index (χ1n) is 11.1. The Morgan fingerprint density at radius 3 is 2.26 bits per heavy atom. The largest absolute Gasteiger partial charge is 0.354 e. The predicted octanol–water partition coefficient (Wildman–Crippen LogP) is 3.26. The van der Waals surface area contributed by atoms with Crippen LogP contribution in [0.4, 0.5) is 0 Å². The minimum Gasteiger partial charge on any atom is -0.354 e. The molecule has 1 saturated heterocycles. The van der Waals surface area contributed by atoms with Gasteiger partial charge in [-0.2, -0.15) is 0 Å². The molecule has 0 saturated carbocycles. The van der Waals surface area contributed by atoms with E-state index in [1.54, 1.807) is 0 Å². The molecule has 6 nitrogen and oxygen atoms in total. The van der Waals surface area contributed by atoms with Gasteiger partial charge in [-0.15, -0.1) is 0 Å². The lowest BCUT2D eigenvalue weighted by Gasteiger charge is -2.33. The van der Waals surface area contributed by atoms with Gasteiger partial charge >= 0.3 is 0 Å². The molecule has 162 valence electrons. The second-order valence-corrected chi connectivity index (χ2v) is 8.06. The molecule has 0 radical (unpaired) electrons. The van der Waals surface area contributed by atoms with Gasteiger partial charge < -0.3 is 15.2 Å². The summed E-state index contributed by atoms with van der Waals surface area (Å²) >= 11 is 0. The van der Waals surface area contributed by atoms with Crippen molar-refractivity contribution in [1.82, 2.24) is 25.1 Å². The fourth-order valence-electron chi connectivity index (χ4n) is 4.06. The lowest BCUT2D eigenvalue weighted by molar-refractivity contribution is 0.198. The number of piperidine rings is 1. The maximum atomic E-state index is 4.53. The lowest BCUT2D eigenvalue weighted by atomic mass is 10.0. The molecule has 2 heterocycles. The second-order valence-electron chi connectivity index (χ2n) is 8.06. The standard InChI is InChI=1S/C25H32N6/c1-26-25(28-18-24-27-14-17-31(24)20-22-10-6-3-7-11-22)29-23-12-15-30(16-13-23)19-21-8-4-2-5-9-21/h2-11,14,17,23H,12-13,15-16,18-20H2,1H3,(H2,26,28,29). The molecule has 2 N–H and O–H groups in total. The molecular formula is C25H32N6. The molecular weight excluding hydrogens is 384 g/mol. The third-order valence-corrected chi connectivity index (χ3v) is 5.81. The number of aromatic nitrogens is 2. The highest BCUT2D eigenvalue weighted by Crippen LogP contribution is 2.14. The van der Waals surface area contributed by atoms with Gasteiger partial charge in [-0.05, 0) is 24.0 Å². The molecule has 1 aromatic heterocycles. The topological polar surface area (TPSA) is 57.5 Å². The Morgan fingerprint density at radius 1 is 0.968 bits per heavy atom. The predicted molar refractivity (Wildman–Crippen MR) is 126 cm³/mol. The monoisotopic (exact) mass is 416 g/mol. The van der Waals surface area contributed by atoms with Crippen molar-refractivity contribution in [2.24, 2.45) is 4.99 Å². The molecule has 0 bridgehead atoms. The minimum atomic E-state index is 0.447. The van der Waals surface area contributed by atoms with Crippen LogP contribution < -0.4 is 10.6 Å². The summed E-state index contributed by atoms with van der Waals surface area (Å²) in [5.74, 6) is 1.85. The van der Waals surface area contributed by atoms with Crippen LogP contribution in [0.1, 0.15) is 29.8 Å². The molecule has 1 fully saturated rings. The summed E-state index contributed by atoms with van der Waals surface area (Å²) in [5.41, 5.74) is 2.66. The lowest BCUT2D eigenvalue weighted by Crippen LogP contribution is -2.48. The highest BCUT2D eigenvalue weighted by Gasteiger charge is 2.20. The Bertz CT molecular complexity index is 942. The zero-order valence-corrected chi connectivity index (χ0v) is 18.2. The van der Waals surface area contributed by atoms with Gasteiger partial charge in [0.15, 0.2) is 5.96 Å². The molecule has 0 amide bonds. The molecule has 4 rings (SSSR count). The summed E-state index contributed by atoms with van der Waals surface area (Å²) in [6, 6.07) is 21.6. The van der Waals surface area contributed by atoms with Crippen LogP contribution in [-0.4, -0.2) is 46.6 Å². The van der Waals surface area contributed by atoms with Crippen LogP contribution in [0.2, 0.25) is 0 Å². The molecule has 1 aliphatic heterocycles. The van der Waals surface area contributed by atoms with Crippen molar-refractivity contribution in [2.75, 3.05) is 20.1 Å². The Morgan fingerprint density at radius 2 is 1.61 bits per heavy atom. The Kier molecular flexibility index (Phi) is 7.34. The van der Waals surface area contributed by atoms with Crippen molar-refractivity contribution >= 4 is 5.96 Å². The zero-order chi connectivity index (χ0) is 21.3. The van der Waals surface area contributed by atoms with Gasteiger partial charge in [-0.3, -0.25) is 9.89 Å². The number of hydrogen-bond donors (Lipinski definition) is 2. The molecule has 0 atom stereocenters. The van der Waals surface area contributed by atoms with E-state index in [-0.39, 0.29) is 0 Å². The number of nitrogens with one attached hydrogen (secondary N) is 2. The van der Waals surface area contributed by atoms with E-state index >= 15 is 0 Å². The van der Waals surface area contributed by atoms with E-state index in [0.29, 0.717) is 12.6 Å². The number of rotatable bonds is 7. The molecule has 2 aromatic carbocycles. The number of aliphatic imine (C=N–C) groups is 1. The van der Waals surface area contributed by atoms with Gasteiger partial charge in [-0.1, -0.05) is 60.7 Å². The van der Waals surface area contributed by atoms with Crippen LogP contribution >= 0.6 is 0 Å². The van der Waals surface area contributed by atoms with E-state index in [2.05, 4.69) is 84.7 Å². The number of imidazole rings is 1. The molecule has 0 spiro atoms. The summed E-state index contributed by atoms with van der Waals surface area (Å²) in [5, 5.41) is 7.04. The van der Waals surface area contributed by atoms with Crippen molar-refractivity contribution in [3.63, 3.8) is 0 Å². The van der Waals surface area contributed by atoms with Gasteiger partial charge in [0.1, 0.15) is 5.82 Å². The Balaban J connectivity index is 1.23. The summed E-state index contributed by atoms with van der Waals surface area (Å²) in [7, 11) is 1.83. The van der Waals surface area contributed by atoms with Gasteiger partial charge in [0, 0.05) is 51.7 Å². The highest BCUT2D eigenvalue weighted by molar-refractivity contribution is 5.79. The third-order valence-electron chi connectivity index (χ3n) is 5.81. The van der Waals surface area contributed by atoms with Crippen LogP contribution in [-0.2, 0) is 19.6 Å². The fourth-order valence-corrected chi connectivity index (χ4v) is 4.06. The van der Waals surface area contributed by atoms with E-state index in [1.165, 1.54) is 11.1 Å². The van der Waals surface area contributed by atoms with Crippen LogP contribution in [0.5, 0.6) is 0 Å². The molecule has 3 aromatic rings. The van der Waals surface area contributed by atoms with Crippen LogP contribution in [0.15, 0.2) is 78.0 Å². The molecule has 6 heteroatoms. The fraction of sp³-hybridized carbons (Fsp3) is 0.360. The number of benzene rings is 2. The maximum Gasteiger partial charge on any atom is 0.191 e. The summed E-state index contributed by atoms with van der Waals surface area (Å²) < 4.78 is 2.18. The normalized spacial score (nSPS) is 15.7. The highest BCUT2D eigenvalue weighted by atomic mass is 15.2. The Hall–Kier alpha value is -3.12. The van der Waals surface area contributed by atoms with Crippen LogP contribution in [0, 0.1) is 0 Å². The van der Waals surface area contributed by atoms with Gasteiger partial charge in [-0.25, -0.2) is 4.98 Å². The van der Waals surface area contributed by atoms with Crippen molar-refractivity contribution in [1.29, 1.82) is 0 Å². The maximum absolute atomic E-state index is 4.53. The van der Waals surface area contributed by atoms with E-state index in [1.807, 2.05) is 25.5 Å². The molecule has 0 aliphatic carbocycles. The molecule has 1 aliphatic rings. The summed E-state index contributed by atoms with van der Waals surface area (Å²) in [4.78, 5) is 11.5. The SMILES string of the molecule is CN=C(NCc1nccn1Cc1ccccc1)NC1CCN(Cc2ccccc2)CC1. The van der Waals surface area contributed by atoms with Gasteiger partial charge in [0.05, 0.1) is 6.54 Å². The average molecular weight is 417 g/mol. The van der Waals surface area contributed by atoms with E-state index < -0.39 is 0 Å². The van der Waals surface area contributed by atoms with E-state index in [0.717, 1.165) is 50.8 Å². The van der Waals surface area contributed by atoms with E-state index in [9.17, 15) is 0 Å². The van der Waals surface area contributed by atoms with Crippen LogP contribution in [0.25, 0.3) is 0 Å². The first-order valence-corrected chi connectivity index (χ1v) is 11.1. The quantitative estimate of drug-likeness (QED) is 0.459. The smallest absolute Gasteiger partial charge is 0.191 e. The Labute approximate surface area is 185 Å². The van der Waals surface area contributed by atoms with E-state index in [4.69, 9.17) is 0 Å². The first-order chi connectivity index (χ1) is 15.3. The van der Waals surface area contributed by atoms with Crippen molar-refractivity contribution in [2.45, 2.75) is 38.5 Å². The van der Waals surface area contributed by atoms with Crippen LogP contribution in [0.3, 0.4) is 0 Å². The molecule has 31 heavy (non-hydrogen) atoms. The zero-order valence-electron chi connectivity index (χ0n) is 18.2. The minimum absolute atomic E-state index is 0.447. The van der Waals surface area contributed by atoms with Gasteiger partial charge in [0.2, 0.25) is 0 Å². The molecule has 0 unspecified atom stereocenters. The number of likely N-dealkylation sites (tertiary alicyclic amines) is 1. The first kappa shape index (κ1) is 21.1. The number of guanidine groups is 1. The average Bonchev–Trinajstić information content (AvgIpc) is 3.26. The van der Waals surface area contributed by atoms with Gasteiger partial charge in [0.25, 0.3) is 0 Å². The summed E-state index contributed by atoms with van der Waals surface area (Å²) in [6.07, 6.45) is 6.13. The van der Waals surface area contributed by atoms with Crippen molar-refractivity contribution in [3.8, 4) is 0 Å². The number of nitrogens with zero attached hydrogens (tertiary/aromatic N) is 4. The summed E-state index contributed by atoms with van der Waals surface area (Å²) in [6.45, 7) is 4.71. The second kappa shape index (κ2) is 10.8. The third kappa shape index (κ3) is 6.18. The van der Waals surface area contributed by atoms with Crippen molar-refractivity contribution < 1.29 is 0 Å².